The van der Waals surface area contributed by atoms with Crippen molar-refractivity contribution in [3.05, 3.63) is 53.8 Å². The van der Waals surface area contributed by atoms with Crippen molar-refractivity contribution in [1.82, 2.24) is 24.7 Å². The summed E-state index contributed by atoms with van der Waals surface area (Å²) in [6.07, 6.45) is 1.76. The minimum absolute atomic E-state index is 0.00282. The largest absolute Gasteiger partial charge is 0.494 e. The Morgan fingerprint density at radius 2 is 1.64 bits per heavy atom. The molecule has 0 saturated heterocycles. The molecule has 0 spiro atoms. The van der Waals surface area contributed by atoms with E-state index in [2.05, 4.69) is 31.5 Å². The Bertz CT molecular complexity index is 1310. The number of anilines is 1. The van der Waals surface area contributed by atoms with E-state index < -0.39 is 21.4 Å². The summed E-state index contributed by atoms with van der Waals surface area (Å²) in [7, 11) is 0.270. The number of ether oxygens (including phenoxy) is 3. The van der Waals surface area contributed by atoms with Crippen molar-refractivity contribution in [1.29, 1.82) is 0 Å². The summed E-state index contributed by atoms with van der Waals surface area (Å²) in [4.78, 5) is 8.22. The molecule has 0 bridgehead atoms. The van der Waals surface area contributed by atoms with Gasteiger partial charge in [-0.15, -0.1) is 10.2 Å². The molecule has 1 aromatic carbocycles. The number of para-hydroxylation sites is 1. The van der Waals surface area contributed by atoms with Crippen molar-refractivity contribution >= 4 is 33.1 Å². The average molecular weight is 537 g/mol. The predicted molar refractivity (Wildman–Crippen MR) is 137 cm³/mol. The van der Waals surface area contributed by atoms with Crippen LogP contribution in [0.5, 0.6) is 11.5 Å². The van der Waals surface area contributed by atoms with Gasteiger partial charge in [0.15, 0.2) is 11.6 Å². The minimum Gasteiger partial charge on any atom is -0.494 e. The highest BCUT2D eigenvalue weighted by Gasteiger charge is 2.35. The quantitative estimate of drug-likeness (QED) is 0.387. The van der Waals surface area contributed by atoms with Crippen LogP contribution >= 0.6 is 11.6 Å². The number of sulfonamides is 1. The highest BCUT2D eigenvalue weighted by atomic mass is 35.5. The fraction of sp³-hybridized carbons (Fsp3) is 0.391. The van der Waals surface area contributed by atoms with E-state index in [0.717, 1.165) is 0 Å². The lowest BCUT2D eigenvalue weighted by molar-refractivity contribution is 0.0950. The SMILES string of the molecule is C=C(c1nnc(NS(=O)(=O)[C@@H](C)[C@H](OC)c2ncc(Cl)cn2)n1-c1c(OC)cccc1OC)C(C)C. The molecule has 0 amide bonds. The number of methoxy groups -OCH3 is 3. The molecule has 0 aliphatic rings. The summed E-state index contributed by atoms with van der Waals surface area (Å²) in [6, 6.07) is 5.20. The number of hydrogen-bond donors (Lipinski definition) is 1. The Kier molecular flexibility index (Phi) is 8.54. The first-order valence-electron chi connectivity index (χ1n) is 10.9. The minimum atomic E-state index is -4.11. The number of rotatable bonds is 11. The first kappa shape index (κ1) is 27.4. The summed E-state index contributed by atoms with van der Waals surface area (Å²) in [6.45, 7) is 9.50. The van der Waals surface area contributed by atoms with Crippen LogP contribution in [0.25, 0.3) is 11.3 Å². The third kappa shape index (κ3) is 5.45. The van der Waals surface area contributed by atoms with E-state index in [0.29, 0.717) is 33.6 Å². The van der Waals surface area contributed by atoms with E-state index in [1.165, 1.54) is 45.2 Å². The van der Waals surface area contributed by atoms with Gasteiger partial charge >= 0.3 is 0 Å². The van der Waals surface area contributed by atoms with Crippen molar-refractivity contribution in [3.8, 4) is 17.2 Å². The Labute approximate surface area is 215 Å². The van der Waals surface area contributed by atoms with E-state index in [1.54, 1.807) is 18.2 Å². The molecule has 0 aliphatic carbocycles. The average Bonchev–Trinajstić information content (AvgIpc) is 3.26. The molecule has 3 aromatic rings. The molecule has 11 nitrogen and oxygen atoms in total. The summed E-state index contributed by atoms with van der Waals surface area (Å²) in [5.41, 5.74) is 1.05. The number of nitrogens with zero attached hydrogens (tertiary/aromatic N) is 5. The molecular formula is C23H29ClN6O5S. The molecule has 2 aromatic heterocycles. The highest BCUT2D eigenvalue weighted by Crippen LogP contribution is 2.37. The van der Waals surface area contributed by atoms with E-state index >= 15 is 0 Å². The highest BCUT2D eigenvalue weighted by molar-refractivity contribution is 7.93. The number of hydrogen-bond acceptors (Lipinski definition) is 9. The molecule has 0 fully saturated rings. The van der Waals surface area contributed by atoms with Crippen molar-refractivity contribution in [2.45, 2.75) is 32.1 Å². The number of aromatic nitrogens is 5. The number of benzene rings is 1. The molecule has 13 heteroatoms. The maximum absolute atomic E-state index is 13.5. The molecule has 2 atom stereocenters. The molecule has 0 radical (unpaired) electrons. The molecule has 3 rings (SSSR count). The van der Waals surface area contributed by atoms with Crippen molar-refractivity contribution < 1.29 is 22.6 Å². The number of nitrogens with one attached hydrogen (secondary N) is 1. The van der Waals surface area contributed by atoms with Gasteiger partial charge in [0.25, 0.3) is 0 Å². The Balaban J connectivity index is 2.13. The molecule has 1 N–H and O–H groups in total. The molecule has 0 aliphatic heterocycles. The lowest BCUT2D eigenvalue weighted by atomic mass is 10.0. The van der Waals surface area contributed by atoms with Crippen LogP contribution < -0.4 is 14.2 Å². The van der Waals surface area contributed by atoms with Gasteiger partial charge in [0.05, 0.1) is 19.2 Å². The second-order valence-corrected chi connectivity index (χ2v) is 10.6. The zero-order valence-electron chi connectivity index (χ0n) is 20.9. The first-order valence-corrected chi connectivity index (χ1v) is 12.9. The maximum Gasteiger partial charge on any atom is 0.243 e. The monoisotopic (exact) mass is 536 g/mol. The van der Waals surface area contributed by atoms with Crippen LogP contribution in [0.15, 0.2) is 37.2 Å². The van der Waals surface area contributed by atoms with Crippen LogP contribution in [0, 0.1) is 5.92 Å². The Hall–Kier alpha value is -3.22. The van der Waals surface area contributed by atoms with Crippen molar-refractivity contribution in [2.75, 3.05) is 26.1 Å². The molecular weight excluding hydrogens is 508 g/mol. The van der Waals surface area contributed by atoms with E-state index in [4.69, 9.17) is 25.8 Å². The van der Waals surface area contributed by atoms with Gasteiger partial charge in [-0.25, -0.2) is 18.4 Å². The number of halogens is 1. The first-order chi connectivity index (χ1) is 17.0. The van der Waals surface area contributed by atoms with Gasteiger partial charge in [-0.2, -0.15) is 0 Å². The Morgan fingerprint density at radius 1 is 1.06 bits per heavy atom. The van der Waals surface area contributed by atoms with E-state index in [9.17, 15) is 8.42 Å². The topological polar surface area (TPSA) is 130 Å². The van der Waals surface area contributed by atoms with E-state index in [1.807, 2.05) is 13.8 Å². The van der Waals surface area contributed by atoms with Gasteiger partial charge in [0.1, 0.15) is 28.5 Å². The second kappa shape index (κ2) is 11.2. The van der Waals surface area contributed by atoms with Gasteiger partial charge < -0.3 is 14.2 Å². The summed E-state index contributed by atoms with van der Waals surface area (Å²) >= 11 is 5.87. The molecule has 194 valence electrons. The van der Waals surface area contributed by atoms with Crippen LogP contribution in [0.1, 0.15) is 38.5 Å². The second-order valence-electron chi connectivity index (χ2n) is 8.14. The van der Waals surface area contributed by atoms with Crippen molar-refractivity contribution in [2.24, 2.45) is 5.92 Å². The molecule has 36 heavy (non-hydrogen) atoms. The van der Waals surface area contributed by atoms with Crippen LogP contribution in [0.2, 0.25) is 5.02 Å². The fourth-order valence-electron chi connectivity index (χ4n) is 3.44. The maximum atomic E-state index is 13.5. The molecule has 0 unspecified atom stereocenters. The Morgan fingerprint density at radius 3 is 2.14 bits per heavy atom. The van der Waals surface area contributed by atoms with Gasteiger partial charge in [-0.1, -0.05) is 38.1 Å². The smallest absolute Gasteiger partial charge is 0.243 e. The zero-order valence-corrected chi connectivity index (χ0v) is 22.5. The lowest BCUT2D eigenvalue weighted by Crippen LogP contribution is -2.33. The predicted octanol–water partition coefficient (Wildman–Crippen LogP) is 3.92. The van der Waals surface area contributed by atoms with Crippen LogP contribution in [0.4, 0.5) is 5.95 Å². The number of allylic oxidation sites excluding steroid dienone is 1. The van der Waals surface area contributed by atoms with Gasteiger partial charge in [-0.3, -0.25) is 9.29 Å². The summed E-state index contributed by atoms with van der Waals surface area (Å²) < 4.78 is 47.6. The lowest BCUT2D eigenvalue weighted by Gasteiger charge is -2.23. The zero-order chi connectivity index (χ0) is 26.6. The fourth-order valence-corrected chi connectivity index (χ4v) is 4.67. The van der Waals surface area contributed by atoms with Gasteiger partial charge in [0, 0.05) is 19.5 Å². The van der Waals surface area contributed by atoms with Crippen molar-refractivity contribution in [3.63, 3.8) is 0 Å². The third-order valence-corrected chi connectivity index (χ3v) is 7.46. The van der Waals surface area contributed by atoms with E-state index in [-0.39, 0.29) is 17.7 Å². The normalized spacial score (nSPS) is 13.3. The summed E-state index contributed by atoms with van der Waals surface area (Å²) in [5.74, 6) is 1.28. The van der Waals surface area contributed by atoms with Crippen LogP contribution in [-0.4, -0.2) is 59.7 Å². The molecule has 0 saturated carbocycles. The molecule has 2 heterocycles. The third-order valence-electron chi connectivity index (χ3n) is 5.57. The van der Waals surface area contributed by atoms with Gasteiger partial charge in [-0.05, 0) is 30.5 Å². The standard InChI is InChI=1S/C23H29ClN6O5S/c1-13(2)14(3)22-27-28-23(30(22)19-17(33-5)9-8-10-18(19)34-6)29-36(31,32)15(4)20(35-7)21-25-11-16(24)12-26-21/h8-13,15,20H,3H2,1-2,4-7H3,(H,28,29)/t15-,20-/m0/s1. The summed E-state index contributed by atoms with van der Waals surface area (Å²) in [5, 5.41) is 7.59. The van der Waals surface area contributed by atoms with Crippen LogP contribution in [-0.2, 0) is 14.8 Å². The van der Waals surface area contributed by atoms with Crippen LogP contribution in [0.3, 0.4) is 0 Å². The van der Waals surface area contributed by atoms with Gasteiger partial charge in [0.2, 0.25) is 16.0 Å².